The fourth-order valence-corrected chi connectivity index (χ4v) is 2.25. The summed E-state index contributed by atoms with van der Waals surface area (Å²) >= 11 is 3.10. The lowest BCUT2D eigenvalue weighted by Crippen LogP contribution is -2.02. The molecule has 2 rings (SSSR count). The van der Waals surface area contributed by atoms with Gasteiger partial charge in [0.2, 0.25) is 5.82 Å². The first-order valence-electron chi connectivity index (χ1n) is 6.18. The maximum atomic E-state index is 13.4. The number of rotatable bonds is 5. The summed E-state index contributed by atoms with van der Waals surface area (Å²) < 4.78 is 32.3. The van der Waals surface area contributed by atoms with E-state index in [2.05, 4.69) is 15.9 Å². The van der Waals surface area contributed by atoms with Crippen LogP contribution in [0.15, 0.2) is 40.9 Å². The molecule has 0 aliphatic carbocycles. The third-order valence-corrected chi connectivity index (χ3v) is 3.24. The molecule has 2 aromatic rings. The molecule has 20 heavy (non-hydrogen) atoms. The highest BCUT2D eigenvalue weighted by Gasteiger charge is 2.11. The molecule has 0 unspecified atom stereocenters. The average molecular weight is 342 g/mol. The van der Waals surface area contributed by atoms with Gasteiger partial charge in [0.15, 0.2) is 11.6 Å². The molecule has 5 heteroatoms. The second-order valence-electron chi connectivity index (χ2n) is 4.40. The van der Waals surface area contributed by atoms with Gasteiger partial charge in [0, 0.05) is 10.2 Å². The number of nitrogen functional groups attached to an aromatic ring is 1. The molecule has 0 aliphatic heterocycles. The zero-order valence-corrected chi connectivity index (χ0v) is 12.3. The molecule has 0 bridgehead atoms. The van der Waals surface area contributed by atoms with Gasteiger partial charge in [0.25, 0.3) is 0 Å². The Bertz CT molecular complexity index is 604. The van der Waals surface area contributed by atoms with Crippen LogP contribution in [0.1, 0.15) is 12.0 Å². The van der Waals surface area contributed by atoms with E-state index in [0.29, 0.717) is 23.2 Å². The summed E-state index contributed by atoms with van der Waals surface area (Å²) in [6.07, 6.45) is 1.46. The van der Waals surface area contributed by atoms with Crippen molar-refractivity contribution in [3.63, 3.8) is 0 Å². The Labute approximate surface area is 124 Å². The minimum atomic E-state index is -0.961. The van der Waals surface area contributed by atoms with Crippen LogP contribution in [-0.4, -0.2) is 6.61 Å². The van der Waals surface area contributed by atoms with Gasteiger partial charge in [0.1, 0.15) is 0 Å². The number of benzene rings is 2. The number of ether oxygens (including phenoxy) is 1. The third kappa shape index (κ3) is 3.93. The molecule has 2 N–H and O–H groups in total. The maximum absolute atomic E-state index is 13.4. The van der Waals surface area contributed by atoms with Gasteiger partial charge < -0.3 is 10.5 Å². The van der Waals surface area contributed by atoms with Crippen molar-refractivity contribution in [3.8, 4) is 5.75 Å². The maximum Gasteiger partial charge on any atom is 0.200 e. The van der Waals surface area contributed by atoms with Gasteiger partial charge in [-0.05, 0) is 42.7 Å². The van der Waals surface area contributed by atoms with E-state index in [4.69, 9.17) is 10.5 Å². The van der Waals surface area contributed by atoms with Crippen molar-refractivity contribution in [2.24, 2.45) is 0 Å². The fourth-order valence-electron chi connectivity index (χ4n) is 1.84. The number of halogens is 3. The normalized spacial score (nSPS) is 10.6. The van der Waals surface area contributed by atoms with Gasteiger partial charge in [0.05, 0.1) is 6.61 Å². The van der Waals surface area contributed by atoms with Crippen LogP contribution in [0.5, 0.6) is 5.75 Å². The van der Waals surface area contributed by atoms with E-state index in [-0.39, 0.29) is 5.75 Å². The highest BCUT2D eigenvalue weighted by molar-refractivity contribution is 9.10. The number of aryl methyl sites for hydroxylation is 1. The second-order valence-corrected chi connectivity index (χ2v) is 5.31. The largest absolute Gasteiger partial charge is 0.490 e. The monoisotopic (exact) mass is 341 g/mol. The Hall–Kier alpha value is -1.62. The smallest absolute Gasteiger partial charge is 0.200 e. The molecule has 0 aliphatic rings. The molecule has 0 aromatic heterocycles. The van der Waals surface area contributed by atoms with Crippen LogP contribution >= 0.6 is 15.9 Å². The molecular formula is C15H14BrF2NO. The predicted octanol–water partition coefficient (Wildman–Crippen LogP) is 4.32. The van der Waals surface area contributed by atoms with E-state index in [0.717, 1.165) is 18.1 Å². The Kier molecular flexibility index (Phi) is 4.95. The van der Waals surface area contributed by atoms with Crippen molar-refractivity contribution < 1.29 is 13.5 Å². The second kappa shape index (κ2) is 6.70. The van der Waals surface area contributed by atoms with Crippen LogP contribution in [-0.2, 0) is 6.42 Å². The molecule has 0 saturated heterocycles. The highest BCUT2D eigenvalue weighted by Crippen LogP contribution is 2.25. The van der Waals surface area contributed by atoms with E-state index in [1.165, 1.54) is 6.07 Å². The summed E-state index contributed by atoms with van der Waals surface area (Å²) in [4.78, 5) is 0. The van der Waals surface area contributed by atoms with Gasteiger partial charge >= 0.3 is 0 Å². The first-order chi connectivity index (χ1) is 9.56. The molecule has 0 heterocycles. The van der Waals surface area contributed by atoms with Crippen molar-refractivity contribution in [1.29, 1.82) is 0 Å². The van der Waals surface area contributed by atoms with Crippen LogP contribution in [0.2, 0.25) is 0 Å². The minimum absolute atomic E-state index is 0.0792. The molecular weight excluding hydrogens is 328 g/mol. The molecule has 0 atom stereocenters. The Morgan fingerprint density at radius 3 is 2.70 bits per heavy atom. The minimum Gasteiger partial charge on any atom is -0.490 e. The highest BCUT2D eigenvalue weighted by atomic mass is 79.9. The predicted molar refractivity (Wildman–Crippen MR) is 78.7 cm³/mol. The summed E-state index contributed by atoms with van der Waals surface area (Å²) in [6, 6.07) is 10.0. The number of anilines is 1. The van der Waals surface area contributed by atoms with Crippen LogP contribution < -0.4 is 10.5 Å². The molecule has 2 aromatic carbocycles. The summed E-state index contributed by atoms with van der Waals surface area (Å²) in [5.74, 6) is -1.97. The van der Waals surface area contributed by atoms with Crippen molar-refractivity contribution in [2.75, 3.05) is 12.3 Å². The fraction of sp³-hybridized carbons (Fsp3) is 0.200. The first-order valence-corrected chi connectivity index (χ1v) is 6.97. The van der Waals surface area contributed by atoms with E-state index in [1.54, 1.807) is 0 Å². The molecule has 2 nitrogen and oxygen atoms in total. The van der Waals surface area contributed by atoms with Crippen molar-refractivity contribution in [1.82, 2.24) is 0 Å². The molecule has 0 amide bonds. The van der Waals surface area contributed by atoms with Crippen molar-refractivity contribution in [2.45, 2.75) is 12.8 Å². The van der Waals surface area contributed by atoms with Crippen LogP contribution in [0, 0.1) is 11.6 Å². The average Bonchev–Trinajstić information content (AvgIpc) is 2.40. The summed E-state index contributed by atoms with van der Waals surface area (Å²) in [5, 5.41) is 0. The Morgan fingerprint density at radius 1 is 1.15 bits per heavy atom. The zero-order chi connectivity index (χ0) is 14.5. The van der Waals surface area contributed by atoms with E-state index < -0.39 is 11.6 Å². The van der Waals surface area contributed by atoms with Crippen molar-refractivity contribution >= 4 is 21.6 Å². The quantitative estimate of drug-likeness (QED) is 0.499. The lowest BCUT2D eigenvalue weighted by molar-refractivity contribution is 0.290. The van der Waals surface area contributed by atoms with Gasteiger partial charge in [-0.3, -0.25) is 0 Å². The van der Waals surface area contributed by atoms with E-state index in [9.17, 15) is 8.78 Å². The summed E-state index contributed by atoms with van der Waals surface area (Å²) in [5.41, 5.74) is 7.48. The molecule has 0 fully saturated rings. The van der Waals surface area contributed by atoms with Crippen molar-refractivity contribution in [3.05, 3.63) is 58.1 Å². The van der Waals surface area contributed by atoms with E-state index in [1.807, 2.05) is 24.3 Å². The third-order valence-electron chi connectivity index (χ3n) is 2.78. The lowest BCUT2D eigenvalue weighted by atomic mass is 10.1. The Morgan fingerprint density at radius 2 is 1.95 bits per heavy atom. The lowest BCUT2D eigenvalue weighted by Gasteiger charge is -2.08. The molecule has 0 saturated carbocycles. The van der Waals surface area contributed by atoms with Crippen LogP contribution in [0.25, 0.3) is 0 Å². The SMILES string of the molecule is Nc1cccc(CCCOc2cc(Br)cc(F)c2F)c1. The molecule has 0 radical (unpaired) electrons. The van der Waals surface area contributed by atoms with Gasteiger partial charge in [-0.25, -0.2) is 4.39 Å². The zero-order valence-electron chi connectivity index (χ0n) is 10.7. The molecule has 106 valence electrons. The van der Waals surface area contributed by atoms with Crippen LogP contribution in [0.4, 0.5) is 14.5 Å². The van der Waals surface area contributed by atoms with Gasteiger partial charge in [-0.1, -0.05) is 28.1 Å². The standard InChI is InChI=1S/C15H14BrF2NO/c16-11-8-13(17)15(18)14(9-11)20-6-2-4-10-3-1-5-12(19)7-10/h1,3,5,7-9H,2,4,6,19H2. The van der Waals surface area contributed by atoms with Crippen LogP contribution in [0.3, 0.4) is 0 Å². The number of nitrogens with two attached hydrogens (primary N) is 1. The number of hydrogen-bond donors (Lipinski definition) is 1. The summed E-state index contributed by atoms with van der Waals surface area (Å²) in [7, 11) is 0. The topological polar surface area (TPSA) is 35.2 Å². The van der Waals surface area contributed by atoms with Gasteiger partial charge in [-0.2, -0.15) is 4.39 Å². The van der Waals surface area contributed by atoms with Gasteiger partial charge in [-0.15, -0.1) is 0 Å². The Balaban J connectivity index is 1.87. The molecule has 0 spiro atoms. The first kappa shape index (κ1) is 14.8. The number of hydrogen-bond acceptors (Lipinski definition) is 2. The van der Waals surface area contributed by atoms with E-state index >= 15 is 0 Å². The summed E-state index contributed by atoms with van der Waals surface area (Å²) in [6.45, 7) is 0.307.